The Hall–Kier alpha value is -1.96. The number of thiazole rings is 1. The Morgan fingerprint density at radius 3 is 2.73 bits per heavy atom. The molecule has 1 aromatic carbocycles. The molecule has 1 saturated heterocycles. The number of benzene rings is 1. The number of aromatic nitrogens is 1. The third-order valence-electron chi connectivity index (χ3n) is 5.20. The second kappa shape index (κ2) is 7.73. The van der Waals surface area contributed by atoms with E-state index in [4.69, 9.17) is 4.74 Å². The van der Waals surface area contributed by atoms with Crippen LogP contribution in [0.5, 0.6) is 5.75 Å². The number of carbonyl (C=O) groups is 1. The van der Waals surface area contributed by atoms with Crippen LogP contribution in [0.15, 0.2) is 41.2 Å². The summed E-state index contributed by atoms with van der Waals surface area (Å²) in [7, 11) is 0. The zero-order chi connectivity index (χ0) is 17.9. The normalized spacial score (nSPS) is 29.0. The summed E-state index contributed by atoms with van der Waals surface area (Å²) in [4.78, 5) is 18.9. The van der Waals surface area contributed by atoms with Gasteiger partial charge in [-0.2, -0.15) is 0 Å². The van der Waals surface area contributed by atoms with Crippen molar-refractivity contribution < 1.29 is 14.6 Å². The minimum Gasteiger partial charge on any atom is -0.488 e. The molecule has 2 aromatic rings. The summed E-state index contributed by atoms with van der Waals surface area (Å²) in [5.41, 5.74) is 2.08. The number of ether oxygens (including phenoxy) is 1. The fraction of sp³-hybridized carbons (Fsp3) is 0.474. The summed E-state index contributed by atoms with van der Waals surface area (Å²) >= 11 is 1.40. The predicted molar refractivity (Wildman–Crippen MR) is 99.4 cm³/mol. The first-order chi connectivity index (χ1) is 12.7. The Labute approximate surface area is 156 Å². The van der Waals surface area contributed by atoms with Crippen LogP contribution < -0.4 is 10.1 Å². The van der Waals surface area contributed by atoms with E-state index in [0.717, 1.165) is 31.7 Å². The summed E-state index contributed by atoms with van der Waals surface area (Å²) < 4.78 is 6.04. The van der Waals surface area contributed by atoms with Crippen molar-refractivity contribution >= 4 is 17.2 Å². The molecule has 1 amide bonds. The lowest BCUT2D eigenvalue weighted by Crippen LogP contribution is -2.52. The molecule has 0 spiro atoms. The van der Waals surface area contributed by atoms with Gasteiger partial charge in [-0.05, 0) is 38.1 Å². The fourth-order valence-electron chi connectivity index (χ4n) is 4.00. The molecule has 6 nitrogen and oxygen atoms in total. The third-order valence-corrected chi connectivity index (χ3v) is 5.79. The molecule has 4 atom stereocenters. The molecule has 1 aromatic heterocycles. The van der Waals surface area contributed by atoms with E-state index in [0.29, 0.717) is 12.1 Å². The maximum atomic E-state index is 12.5. The number of hydrogen-bond acceptors (Lipinski definition) is 6. The molecule has 2 aliphatic rings. The van der Waals surface area contributed by atoms with Gasteiger partial charge in [0.05, 0.1) is 17.6 Å². The molecule has 4 rings (SSSR count). The van der Waals surface area contributed by atoms with Crippen LogP contribution in [-0.2, 0) is 0 Å². The van der Waals surface area contributed by atoms with E-state index in [1.165, 1.54) is 11.3 Å². The van der Waals surface area contributed by atoms with Crippen molar-refractivity contribution in [2.75, 3.05) is 13.1 Å². The smallest absolute Gasteiger partial charge is 0.271 e. The minimum absolute atomic E-state index is 0.131. The van der Waals surface area contributed by atoms with Crippen molar-refractivity contribution in [1.29, 1.82) is 0 Å². The molecule has 26 heavy (non-hydrogen) atoms. The van der Waals surface area contributed by atoms with E-state index in [9.17, 15) is 9.90 Å². The molecule has 0 radical (unpaired) electrons. The van der Waals surface area contributed by atoms with Crippen molar-refractivity contribution in [3.8, 4) is 5.75 Å². The zero-order valence-electron chi connectivity index (χ0n) is 14.5. The van der Waals surface area contributed by atoms with Gasteiger partial charge in [0.25, 0.3) is 5.91 Å². The molecule has 0 bridgehead atoms. The highest BCUT2D eigenvalue weighted by Crippen LogP contribution is 2.31. The van der Waals surface area contributed by atoms with E-state index < -0.39 is 6.10 Å². The molecule has 2 heterocycles. The van der Waals surface area contributed by atoms with Gasteiger partial charge in [-0.25, -0.2) is 4.98 Å². The Bertz CT molecular complexity index is 719. The lowest BCUT2D eigenvalue weighted by atomic mass is 10.1. The van der Waals surface area contributed by atoms with E-state index in [1.807, 2.05) is 30.3 Å². The fourth-order valence-corrected chi connectivity index (χ4v) is 4.53. The number of nitrogens with one attached hydrogen (secondary N) is 1. The zero-order valence-corrected chi connectivity index (χ0v) is 15.3. The van der Waals surface area contributed by atoms with Crippen LogP contribution in [0, 0.1) is 0 Å². The van der Waals surface area contributed by atoms with Crippen molar-refractivity contribution in [3.63, 3.8) is 0 Å². The highest BCUT2D eigenvalue weighted by Gasteiger charge is 2.48. The van der Waals surface area contributed by atoms with Crippen molar-refractivity contribution in [1.82, 2.24) is 15.2 Å². The number of nitrogens with zero attached hydrogens (tertiary/aromatic N) is 2. The SMILES string of the molecule is O=C(N[C@@H]1C[C@@H](Oc2ccccc2)[C@H](O)[C@H]1N1CCCC1)c1cscn1. The molecule has 7 heteroatoms. The van der Waals surface area contributed by atoms with E-state index in [-0.39, 0.29) is 24.1 Å². The molecule has 1 saturated carbocycles. The minimum atomic E-state index is -0.644. The summed E-state index contributed by atoms with van der Waals surface area (Å²) in [6.07, 6.45) is 1.84. The lowest BCUT2D eigenvalue weighted by molar-refractivity contribution is 0.0139. The average Bonchev–Trinajstić information content (AvgIpc) is 3.39. The molecule has 2 N–H and O–H groups in total. The van der Waals surface area contributed by atoms with Crippen molar-refractivity contribution in [2.24, 2.45) is 0 Å². The topological polar surface area (TPSA) is 74.7 Å². The lowest BCUT2D eigenvalue weighted by Gasteiger charge is -2.31. The Balaban J connectivity index is 1.51. The molecule has 1 aliphatic heterocycles. The average molecular weight is 373 g/mol. The number of carbonyl (C=O) groups excluding carboxylic acids is 1. The maximum Gasteiger partial charge on any atom is 0.271 e. The van der Waals surface area contributed by atoms with Gasteiger partial charge < -0.3 is 15.2 Å². The third kappa shape index (κ3) is 3.60. The first-order valence-electron chi connectivity index (χ1n) is 9.05. The number of aliphatic hydroxyl groups excluding tert-OH is 1. The summed E-state index contributed by atoms with van der Waals surface area (Å²) in [5, 5.41) is 15.8. The number of likely N-dealkylation sites (tertiary alicyclic amines) is 1. The van der Waals surface area contributed by atoms with Crippen LogP contribution in [0.3, 0.4) is 0 Å². The molecule has 2 fully saturated rings. The molecular weight excluding hydrogens is 350 g/mol. The van der Waals surface area contributed by atoms with E-state index >= 15 is 0 Å². The Morgan fingerprint density at radius 2 is 2.04 bits per heavy atom. The number of rotatable bonds is 5. The first kappa shape index (κ1) is 17.5. The number of hydrogen-bond donors (Lipinski definition) is 2. The van der Waals surface area contributed by atoms with Gasteiger partial charge in [0.2, 0.25) is 0 Å². The number of aliphatic hydroxyl groups is 1. The molecule has 0 unspecified atom stereocenters. The van der Waals surface area contributed by atoms with Crippen molar-refractivity contribution in [3.05, 3.63) is 46.9 Å². The van der Waals surface area contributed by atoms with E-state index in [2.05, 4.69) is 15.2 Å². The molecule has 1 aliphatic carbocycles. The largest absolute Gasteiger partial charge is 0.488 e. The maximum absolute atomic E-state index is 12.5. The Morgan fingerprint density at radius 1 is 1.27 bits per heavy atom. The van der Waals surface area contributed by atoms with Gasteiger partial charge >= 0.3 is 0 Å². The van der Waals surface area contributed by atoms with Crippen LogP contribution in [-0.4, -0.2) is 58.3 Å². The second-order valence-corrected chi connectivity index (χ2v) is 7.60. The van der Waals surface area contributed by atoms with Crippen LogP contribution in [0.25, 0.3) is 0 Å². The summed E-state index contributed by atoms with van der Waals surface area (Å²) in [6.45, 7) is 1.89. The quantitative estimate of drug-likeness (QED) is 0.838. The Kier molecular flexibility index (Phi) is 5.19. The predicted octanol–water partition coefficient (Wildman–Crippen LogP) is 1.92. The van der Waals surface area contributed by atoms with Gasteiger partial charge in [-0.15, -0.1) is 11.3 Å². The van der Waals surface area contributed by atoms with Crippen LogP contribution >= 0.6 is 11.3 Å². The first-order valence-corrected chi connectivity index (χ1v) is 9.99. The highest BCUT2D eigenvalue weighted by atomic mass is 32.1. The van der Waals surface area contributed by atoms with Gasteiger partial charge in [-0.1, -0.05) is 18.2 Å². The van der Waals surface area contributed by atoms with Gasteiger partial charge in [-0.3, -0.25) is 9.69 Å². The monoisotopic (exact) mass is 373 g/mol. The standard InChI is InChI=1S/C19H23N3O3S/c23-18-16(25-13-6-2-1-3-7-13)10-14(17(18)22-8-4-5-9-22)21-19(24)15-11-26-12-20-15/h1-3,6-7,11-12,14,16-18,23H,4-5,8-10H2,(H,21,24)/t14-,16-,17+,18+/m1/s1. The van der Waals surface area contributed by atoms with Crippen LogP contribution in [0.1, 0.15) is 29.8 Å². The van der Waals surface area contributed by atoms with Gasteiger partial charge in [0.15, 0.2) is 0 Å². The second-order valence-electron chi connectivity index (χ2n) is 6.88. The van der Waals surface area contributed by atoms with E-state index in [1.54, 1.807) is 10.9 Å². The summed E-state index contributed by atoms with van der Waals surface area (Å²) in [6, 6.07) is 9.24. The van der Waals surface area contributed by atoms with Crippen LogP contribution in [0.4, 0.5) is 0 Å². The molecular formula is C19H23N3O3S. The van der Waals surface area contributed by atoms with Crippen LogP contribution in [0.2, 0.25) is 0 Å². The highest BCUT2D eigenvalue weighted by molar-refractivity contribution is 7.07. The number of amides is 1. The van der Waals surface area contributed by atoms with Gasteiger partial charge in [0.1, 0.15) is 23.7 Å². The molecule has 138 valence electrons. The van der Waals surface area contributed by atoms with Crippen molar-refractivity contribution in [2.45, 2.75) is 43.6 Å². The summed E-state index contributed by atoms with van der Waals surface area (Å²) in [5.74, 6) is 0.552. The van der Waals surface area contributed by atoms with Gasteiger partial charge in [0, 0.05) is 11.8 Å². The number of para-hydroxylation sites is 1.